The molecular formula is C23H17F2N3O3S. The minimum Gasteiger partial charge on any atom is -0.454 e. The molecule has 0 atom stereocenters. The first kappa shape index (κ1) is 20.3. The average molecular weight is 453 g/mol. The van der Waals surface area contributed by atoms with Crippen molar-refractivity contribution < 1.29 is 18.3 Å². The Hall–Kier alpha value is -3.59. The molecule has 0 fully saturated rings. The first-order chi connectivity index (χ1) is 15.3. The molecule has 3 heterocycles. The second kappa shape index (κ2) is 7.52. The van der Waals surface area contributed by atoms with Gasteiger partial charge < -0.3 is 9.47 Å². The number of fused-ring (bicyclic) bond motifs is 2. The van der Waals surface area contributed by atoms with E-state index in [0.29, 0.717) is 22.7 Å². The van der Waals surface area contributed by atoms with E-state index in [1.807, 2.05) is 32.0 Å². The van der Waals surface area contributed by atoms with Crippen LogP contribution in [0.2, 0.25) is 0 Å². The van der Waals surface area contributed by atoms with Crippen LogP contribution in [0.3, 0.4) is 0 Å². The molecule has 1 N–H and O–H groups in total. The molecule has 1 aliphatic heterocycles. The summed E-state index contributed by atoms with van der Waals surface area (Å²) < 4.78 is 40.6. The van der Waals surface area contributed by atoms with Crippen molar-refractivity contribution in [3.05, 3.63) is 74.3 Å². The maximum atomic E-state index is 14.1. The largest absolute Gasteiger partial charge is 0.454 e. The number of pyridine rings is 1. The number of hydrogen-bond donors (Lipinski definition) is 1. The van der Waals surface area contributed by atoms with E-state index in [-0.39, 0.29) is 28.3 Å². The minimum absolute atomic E-state index is 0.0675. The number of nitrogens with one attached hydrogen (secondary N) is 1. The summed E-state index contributed by atoms with van der Waals surface area (Å²) in [6.45, 7) is 3.93. The molecule has 162 valence electrons. The van der Waals surface area contributed by atoms with Crippen LogP contribution in [0.5, 0.6) is 11.5 Å². The lowest BCUT2D eigenvalue weighted by molar-refractivity contribution is 0.153. The van der Waals surface area contributed by atoms with Gasteiger partial charge in [0.2, 0.25) is 6.79 Å². The fourth-order valence-electron chi connectivity index (χ4n) is 3.83. The zero-order valence-corrected chi connectivity index (χ0v) is 17.9. The van der Waals surface area contributed by atoms with Gasteiger partial charge in [0, 0.05) is 11.1 Å². The SMILES string of the molecule is Cc1cccc(-n2c(=S)[nH]c(=O)c3c(C(F)F)cc(-c4ccc5c(c4)OCO5)nc32)c1C. The van der Waals surface area contributed by atoms with Crippen LogP contribution in [0.4, 0.5) is 8.78 Å². The third-order valence-corrected chi connectivity index (χ3v) is 5.90. The van der Waals surface area contributed by atoms with Crippen LogP contribution in [0.25, 0.3) is 28.0 Å². The number of benzene rings is 2. The van der Waals surface area contributed by atoms with E-state index in [1.54, 1.807) is 18.2 Å². The summed E-state index contributed by atoms with van der Waals surface area (Å²) >= 11 is 5.43. The maximum absolute atomic E-state index is 14.1. The molecule has 1 aliphatic rings. The van der Waals surface area contributed by atoms with E-state index in [0.717, 1.165) is 11.1 Å². The molecule has 6 nitrogen and oxygen atoms in total. The summed E-state index contributed by atoms with van der Waals surface area (Å²) in [5.74, 6) is 1.07. The second-order valence-corrected chi connectivity index (χ2v) is 7.86. The molecule has 0 saturated heterocycles. The zero-order chi connectivity index (χ0) is 22.6. The van der Waals surface area contributed by atoms with Crippen LogP contribution in [-0.2, 0) is 0 Å². The number of hydrogen-bond acceptors (Lipinski definition) is 5. The minimum atomic E-state index is -2.89. The van der Waals surface area contributed by atoms with Crippen molar-refractivity contribution in [1.82, 2.24) is 14.5 Å². The van der Waals surface area contributed by atoms with Gasteiger partial charge in [0.15, 0.2) is 21.9 Å². The van der Waals surface area contributed by atoms with Crippen LogP contribution in [-0.4, -0.2) is 21.3 Å². The standard InChI is InChI=1S/C23H17F2N3O3S/c1-11-4-3-5-16(12(11)2)28-21-19(22(29)27-23(28)32)14(20(24)25)9-15(26-21)13-6-7-17-18(8-13)31-10-30-17/h3-9,20H,10H2,1-2H3,(H,27,29,32). The molecule has 0 unspecified atom stereocenters. The molecule has 0 spiro atoms. The van der Waals surface area contributed by atoms with Gasteiger partial charge in [-0.15, -0.1) is 0 Å². The van der Waals surface area contributed by atoms with Crippen LogP contribution in [0.15, 0.2) is 47.3 Å². The lowest BCUT2D eigenvalue weighted by atomic mass is 10.1. The molecule has 0 radical (unpaired) electrons. The number of alkyl halides is 2. The first-order valence-electron chi connectivity index (χ1n) is 9.80. The van der Waals surface area contributed by atoms with Crippen LogP contribution in [0.1, 0.15) is 23.1 Å². The Kier molecular flexibility index (Phi) is 4.78. The Morgan fingerprint density at radius 2 is 1.91 bits per heavy atom. The number of H-pyrrole nitrogens is 1. The van der Waals surface area contributed by atoms with Gasteiger partial charge >= 0.3 is 0 Å². The lowest BCUT2D eigenvalue weighted by Crippen LogP contribution is -2.17. The molecule has 2 aromatic carbocycles. The molecule has 2 aromatic heterocycles. The fraction of sp³-hybridized carbons (Fsp3) is 0.174. The number of rotatable bonds is 3. The van der Waals surface area contributed by atoms with Gasteiger partial charge in [-0.25, -0.2) is 13.8 Å². The number of aromatic amines is 1. The van der Waals surface area contributed by atoms with Crippen molar-refractivity contribution in [2.24, 2.45) is 0 Å². The predicted molar refractivity (Wildman–Crippen MR) is 119 cm³/mol. The van der Waals surface area contributed by atoms with Gasteiger partial charge in [-0.1, -0.05) is 12.1 Å². The molecule has 9 heteroatoms. The fourth-order valence-corrected chi connectivity index (χ4v) is 4.11. The highest BCUT2D eigenvalue weighted by molar-refractivity contribution is 7.71. The highest BCUT2D eigenvalue weighted by atomic mass is 32.1. The molecule has 0 amide bonds. The van der Waals surface area contributed by atoms with Gasteiger partial charge in [0.05, 0.1) is 16.8 Å². The Balaban J connectivity index is 1.89. The van der Waals surface area contributed by atoms with Crippen LogP contribution < -0.4 is 15.0 Å². The summed E-state index contributed by atoms with van der Waals surface area (Å²) in [7, 11) is 0. The van der Waals surface area contributed by atoms with E-state index >= 15 is 0 Å². The molecule has 5 rings (SSSR count). The maximum Gasteiger partial charge on any atom is 0.264 e. The average Bonchev–Trinajstić information content (AvgIpc) is 3.23. The predicted octanol–water partition coefficient (Wildman–Crippen LogP) is 5.39. The third kappa shape index (κ3) is 3.16. The van der Waals surface area contributed by atoms with Gasteiger partial charge in [0.25, 0.3) is 12.0 Å². The van der Waals surface area contributed by atoms with Crippen molar-refractivity contribution in [3.63, 3.8) is 0 Å². The van der Waals surface area contributed by atoms with E-state index in [2.05, 4.69) is 9.97 Å². The monoisotopic (exact) mass is 453 g/mol. The number of halogens is 2. The molecular weight excluding hydrogens is 436 g/mol. The smallest absolute Gasteiger partial charge is 0.264 e. The van der Waals surface area contributed by atoms with Crippen molar-refractivity contribution in [3.8, 4) is 28.4 Å². The number of nitrogens with zero attached hydrogens (tertiary/aromatic N) is 2. The van der Waals surface area contributed by atoms with E-state index < -0.39 is 17.5 Å². The van der Waals surface area contributed by atoms with Crippen molar-refractivity contribution in [1.29, 1.82) is 0 Å². The van der Waals surface area contributed by atoms with Crippen molar-refractivity contribution in [2.75, 3.05) is 6.79 Å². The summed E-state index contributed by atoms with van der Waals surface area (Å²) in [5, 5.41) is -0.195. The van der Waals surface area contributed by atoms with Gasteiger partial charge in [-0.3, -0.25) is 14.3 Å². The molecule has 0 aliphatic carbocycles. The zero-order valence-electron chi connectivity index (χ0n) is 17.1. The third-order valence-electron chi connectivity index (χ3n) is 5.61. The number of aromatic nitrogens is 3. The molecule has 4 aromatic rings. The van der Waals surface area contributed by atoms with Gasteiger partial charge in [-0.05, 0) is 67.5 Å². The lowest BCUT2D eigenvalue weighted by Gasteiger charge is -2.17. The highest BCUT2D eigenvalue weighted by Gasteiger charge is 2.22. The van der Waals surface area contributed by atoms with E-state index in [1.165, 1.54) is 10.6 Å². The quantitative estimate of drug-likeness (QED) is 0.421. The Bertz CT molecular complexity index is 1510. The number of ether oxygens (including phenoxy) is 2. The van der Waals surface area contributed by atoms with Gasteiger partial charge in [-0.2, -0.15) is 0 Å². The molecule has 32 heavy (non-hydrogen) atoms. The summed E-state index contributed by atoms with van der Waals surface area (Å²) in [5.41, 5.74) is 2.31. The van der Waals surface area contributed by atoms with Crippen LogP contribution in [0, 0.1) is 18.6 Å². The number of aryl methyl sites for hydroxylation is 1. The topological polar surface area (TPSA) is 69.1 Å². The summed E-state index contributed by atoms with van der Waals surface area (Å²) in [4.78, 5) is 19.9. The summed E-state index contributed by atoms with van der Waals surface area (Å²) in [6, 6.07) is 11.9. The second-order valence-electron chi connectivity index (χ2n) is 7.48. The Morgan fingerprint density at radius 3 is 2.69 bits per heavy atom. The van der Waals surface area contributed by atoms with E-state index in [9.17, 15) is 13.6 Å². The van der Waals surface area contributed by atoms with Crippen molar-refractivity contribution >= 4 is 23.3 Å². The highest BCUT2D eigenvalue weighted by Crippen LogP contribution is 2.37. The van der Waals surface area contributed by atoms with Gasteiger partial charge in [0.1, 0.15) is 0 Å². The van der Waals surface area contributed by atoms with Crippen molar-refractivity contribution in [2.45, 2.75) is 20.3 Å². The summed E-state index contributed by atoms with van der Waals surface area (Å²) in [6.07, 6.45) is -2.89. The normalized spacial score (nSPS) is 12.7. The Labute approximate surface area is 186 Å². The first-order valence-corrected chi connectivity index (χ1v) is 10.2. The molecule has 0 bridgehead atoms. The van der Waals surface area contributed by atoms with Crippen LogP contribution >= 0.6 is 12.2 Å². The Morgan fingerprint density at radius 1 is 1.12 bits per heavy atom. The molecule has 0 saturated carbocycles. The van der Waals surface area contributed by atoms with E-state index in [4.69, 9.17) is 21.7 Å².